The first-order valence-electron chi connectivity index (χ1n) is 13.5. The smallest absolute Gasteiger partial charge is 0.259 e. The van der Waals surface area contributed by atoms with Gasteiger partial charge in [0, 0.05) is 43.0 Å². The minimum absolute atomic E-state index is 0.144. The molecule has 0 unspecified atom stereocenters. The topological polar surface area (TPSA) is 50.7 Å². The molecular weight excluding hydrogens is 595 g/mol. The van der Waals surface area contributed by atoms with Crippen LogP contribution in [0.2, 0.25) is 15.1 Å². The maximum Gasteiger partial charge on any atom is 0.259 e. The molecule has 0 radical (unpaired) electrons. The van der Waals surface area contributed by atoms with Crippen molar-refractivity contribution in [3.05, 3.63) is 109 Å². The van der Waals surface area contributed by atoms with Gasteiger partial charge in [-0.2, -0.15) is 0 Å². The molecule has 0 fully saturated rings. The van der Waals surface area contributed by atoms with Crippen LogP contribution < -0.4 is 10.1 Å². The molecule has 0 aliphatic heterocycles. The molecule has 1 atom stereocenters. The van der Waals surface area contributed by atoms with Crippen LogP contribution in [-0.2, 0) is 19.4 Å². The molecule has 4 aromatic rings. The molecule has 8 heteroatoms. The molecule has 0 saturated carbocycles. The Balaban J connectivity index is 1.47. The van der Waals surface area contributed by atoms with Gasteiger partial charge in [0.1, 0.15) is 17.4 Å². The van der Waals surface area contributed by atoms with Crippen LogP contribution in [-0.4, -0.2) is 12.1 Å². The Hall–Kier alpha value is -2.83. The number of benzene rings is 3. The van der Waals surface area contributed by atoms with E-state index in [1.165, 1.54) is 4.88 Å². The van der Waals surface area contributed by atoms with Crippen LogP contribution in [0.25, 0.3) is 0 Å². The van der Waals surface area contributed by atoms with Crippen LogP contribution in [0, 0.1) is 11.3 Å². The van der Waals surface area contributed by atoms with Gasteiger partial charge in [-0.1, -0.05) is 79.8 Å². The van der Waals surface area contributed by atoms with Crippen molar-refractivity contribution in [1.82, 2.24) is 0 Å². The molecule has 4 nitrogen and oxygen atoms in total. The molecule has 5 rings (SSSR count). The number of carbonyl (C=O) groups is 1. The second-order valence-electron chi connectivity index (χ2n) is 11.3. The van der Waals surface area contributed by atoms with E-state index in [0.717, 1.165) is 36.1 Å². The van der Waals surface area contributed by atoms with Gasteiger partial charge in [0.05, 0.1) is 5.56 Å². The number of nitrogens with one attached hydrogen (secondary N) is 1. The lowest BCUT2D eigenvalue weighted by atomic mass is 9.72. The Bertz CT molecular complexity index is 1590. The summed E-state index contributed by atoms with van der Waals surface area (Å²) in [6.07, 6.45) is 4.57. The van der Waals surface area contributed by atoms with Crippen LogP contribution in [0.5, 0.6) is 5.75 Å². The largest absolute Gasteiger partial charge is 0.488 e. The van der Waals surface area contributed by atoms with Gasteiger partial charge in [-0.3, -0.25) is 4.79 Å². The van der Waals surface area contributed by atoms with Crippen LogP contribution in [0.4, 0.5) is 10.7 Å². The summed E-state index contributed by atoms with van der Waals surface area (Å²) in [5, 5.41) is 5.42. The van der Waals surface area contributed by atoms with Crippen molar-refractivity contribution in [2.75, 3.05) is 5.32 Å². The van der Waals surface area contributed by atoms with Crippen molar-refractivity contribution >= 4 is 68.9 Å². The number of ether oxygens (including phenoxy) is 1. The van der Waals surface area contributed by atoms with Crippen molar-refractivity contribution < 1.29 is 9.53 Å². The molecule has 1 N–H and O–H groups in total. The number of hydrogen-bond acceptors (Lipinski definition) is 4. The maximum atomic E-state index is 13.6. The Labute approximate surface area is 260 Å². The monoisotopic (exact) mass is 624 g/mol. The van der Waals surface area contributed by atoms with Gasteiger partial charge in [-0.05, 0) is 78.6 Å². The van der Waals surface area contributed by atoms with Crippen molar-refractivity contribution in [1.29, 1.82) is 0 Å². The Morgan fingerprint density at radius 2 is 1.78 bits per heavy atom. The van der Waals surface area contributed by atoms with E-state index in [0.29, 0.717) is 42.9 Å². The highest BCUT2D eigenvalue weighted by atomic mass is 35.5. The summed E-state index contributed by atoms with van der Waals surface area (Å²) >= 11 is 20.3. The minimum atomic E-state index is -0.144. The zero-order chi connectivity index (χ0) is 29.1. The first-order valence-corrected chi connectivity index (χ1v) is 15.4. The van der Waals surface area contributed by atoms with E-state index in [1.54, 1.807) is 41.8 Å². The summed E-state index contributed by atoms with van der Waals surface area (Å²) in [5.74, 6) is 1.01. The summed E-state index contributed by atoms with van der Waals surface area (Å²) in [5.41, 5.74) is 4.22. The fourth-order valence-electron chi connectivity index (χ4n) is 5.02. The van der Waals surface area contributed by atoms with Crippen LogP contribution in [0.15, 0.2) is 71.7 Å². The highest BCUT2D eigenvalue weighted by Crippen LogP contribution is 2.45. The number of anilines is 1. The fraction of sp³-hybridized carbons (Fsp3) is 0.273. The Kier molecular flexibility index (Phi) is 9.10. The van der Waals surface area contributed by atoms with Gasteiger partial charge in [0.15, 0.2) is 0 Å². The normalized spacial score (nSPS) is 15.1. The third-order valence-corrected chi connectivity index (χ3v) is 9.41. The summed E-state index contributed by atoms with van der Waals surface area (Å²) in [6, 6.07) is 20.2. The van der Waals surface area contributed by atoms with Crippen LogP contribution in [0.1, 0.15) is 59.1 Å². The Morgan fingerprint density at radius 3 is 2.51 bits per heavy atom. The number of halogens is 3. The Morgan fingerprint density at radius 1 is 1.05 bits per heavy atom. The molecule has 1 heterocycles. The molecule has 3 aromatic carbocycles. The third-order valence-electron chi connectivity index (χ3n) is 7.42. The quantitative estimate of drug-likeness (QED) is 0.208. The molecule has 1 aliphatic carbocycles. The average molecular weight is 626 g/mol. The zero-order valence-electron chi connectivity index (χ0n) is 23.1. The molecule has 1 aromatic heterocycles. The molecule has 1 amide bonds. The lowest BCUT2D eigenvalue weighted by molar-refractivity contribution is 0.102. The van der Waals surface area contributed by atoms with Crippen LogP contribution >= 0.6 is 46.1 Å². The van der Waals surface area contributed by atoms with Gasteiger partial charge in [0.25, 0.3) is 5.91 Å². The van der Waals surface area contributed by atoms with Gasteiger partial charge in [0.2, 0.25) is 0 Å². The highest BCUT2D eigenvalue weighted by Gasteiger charge is 2.33. The molecule has 0 saturated heterocycles. The van der Waals surface area contributed by atoms with E-state index in [2.05, 4.69) is 26.1 Å². The predicted octanol–water partition coefficient (Wildman–Crippen LogP) is 10.4. The first kappa shape index (κ1) is 29.7. The van der Waals surface area contributed by atoms with Crippen molar-refractivity contribution in [2.45, 2.75) is 46.6 Å². The maximum absolute atomic E-state index is 13.6. The number of nitrogens with zero attached hydrogens (tertiary/aromatic N) is 1. The fourth-order valence-corrected chi connectivity index (χ4v) is 6.94. The number of carbonyl (C=O) groups excluding carboxylic acids is 1. The summed E-state index contributed by atoms with van der Waals surface area (Å²) < 4.78 is 6.12. The molecule has 0 bridgehead atoms. The van der Waals surface area contributed by atoms with E-state index < -0.39 is 0 Å². The van der Waals surface area contributed by atoms with Crippen molar-refractivity contribution in [3.63, 3.8) is 0 Å². The van der Waals surface area contributed by atoms with E-state index in [-0.39, 0.29) is 17.9 Å². The number of para-hydroxylation sites is 1. The van der Waals surface area contributed by atoms with Crippen LogP contribution in [0.3, 0.4) is 0 Å². The molecule has 0 spiro atoms. The molecule has 1 aliphatic rings. The lowest BCUT2D eigenvalue weighted by Gasteiger charge is -2.33. The minimum Gasteiger partial charge on any atom is -0.488 e. The highest BCUT2D eigenvalue weighted by molar-refractivity contribution is 7.16. The van der Waals surface area contributed by atoms with Crippen molar-refractivity contribution in [2.24, 2.45) is 16.3 Å². The second kappa shape index (κ2) is 12.6. The van der Waals surface area contributed by atoms with Gasteiger partial charge in [-0.25, -0.2) is 4.99 Å². The second-order valence-corrected chi connectivity index (χ2v) is 13.6. The summed E-state index contributed by atoms with van der Waals surface area (Å²) in [6.45, 7) is 7.12. The standard InChI is InChI=1S/C33H31Cl3N2O2S/c1-33(2,3)22-10-13-26-29(16-22)41-32(30(26)31(39)38-25-7-5-4-6-8-25)37-18-21-15-23(34)12-14-28(21)40-19-20-9-11-24(35)17-27(20)36/h4-9,11-12,14-15,17-18,22H,10,13,16,19H2,1-3H3,(H,38,39)/t22-/m1/s1. The summed E-state index contributed by atoms with van der Waals surface area (Å²) in [4.78, 5) is 19.8. The van der Waals surface area contributed by atoms with E-state index >= 15 is 0 Å². The lowest BCUT2D eigenvalue weighted by Crippen LogP contribution is -2.27. The third kappa shape index (κ3) is 7.15. The van der Waals surface area contributed by atoms with Gasteiger partial charge >= 0.3 is 0 Å². The molecular formula is C33H31Cl3N2O2S. The number of fused-ring (bicyclic) bond motifs is 1. The van der Waals surface area contributed by atoms with E-state index in [9.17, 15) is 4.79 Å². The van der Waals surface area contributed by atoms with Crippen molar-refractivity contribution in [3.8, 4) is 5.75 Å². The van der Waals surface area contributed by atoms with E-state index in [4.69, 9.17) is 44.5 Å². The van der Waals surface area contributed by atoms with Gasteiger partial charge in [-0.15, -0.1) is 11.3 Å². The molecule has 212 valence electrons. The van der Waals surface area contributed by atoms with Gasteiger partial charge < -0.3 is 10.1 Å². The average Bonchev–Trinajstić information content (AvgIpc) is 3.30. The molecule has 41 heavy (non-hydrogen) atoms. The summed E-state index contributed by atoms with van der Waals surface area (Å²) in [7, 11) is 0. The zero-order valence-corrected chi connectivity index (χ0v) is 26.2. The number of rotatable bonds is 7. The number of amides is 1. The predicted molar refractivity (Wildman–Crippen MR) is 173 cm³/mol. The number of hydrogen-bond donors (Lipinski definition) is 1. The number of thiophene rings is 1. The van der Waals surface area contributed by atoms with E-state index in [1.807, 2.05) is 42.5 Å². The SMILES string of the molecule is CC(C)(C)[C@@H]1CCc2c(sc(N=Cc3cc(Cl)ccc3OCc3ccc(Cl)cc3Cl)c2C(=O)Nc2ccccc2)C1. The first-order chi connectivity index (χ1) is 19.6. The number of aliphatic imine (C=N–C) groups is 1.